The maximum atomic E-state index is 2.78. The van der Waals surface area contributed by atoms with Crippen molar-refractivity contribution in [3.63, 3.8) is 0 Å². The van der Waals surface area contributed by atoms with Crippen molar-refractivity contribution in [1.82, 2.24) is 0 Å². The number of hydrogen-bond acceptors (Lipinski definition) is 3. The van der Waals surface area contributed by atoms with E-state index in [1.807, 2.05) is 0 Å². The molecule has 2 unspecified atom stereocenters. The summed E-state index contributed by atoms with van der Waals surface area (Å²) in [5, 5.41) is 0. The topological polar surface area (TPSA) is 9.72 Å². The number of rotatable bonds is 3. The van der Waals surface area contributed by atoms with Crippen molar-refractivity contribution in [2.45, 2.75) is 123 Å². The lowest BCUT2D eigenvalue weighted by molar-refractivity contribution is 0.330. The van der Waals surface area contributed by atoms with Crippen molar-refractivity contribution in [3.8, 4) is 0 Å². The highest BCUT2D eigenvalue weighted by molar-refractivity contribution is 7.00. The van der Waals surface area contributed by atoms with Crippen LogP contribution in [0, 0.1) is 0 Å². The summed E-state index contributed by atoms with van der Waals surface area (Å²) in [7, 11) is 0. The molecule has 298 valence electrons. The van der Waals surface area contributed by atoms with E-state index in [2.05, 4.69) is 218 Å². The van der Waals surface area contributed by atoms with Crippen LogP contribution in [0.1, 0.15) is 118 Å². The first-order valence-electron chi connectivity index (χ1n) is 22.0. The van der Waals surface area contributed by atoms with Gasteiger partial charge in [0.1, 0.15) is 0 Å². The normalized spacial score (nSPS) is 20.6. The Hall–Kier alpha value is -5.22. The van der Waals surface area contributed by atoms with Gasteiger partial charge >= 0.3 is 0 Å². The van der Waals surface area contributed by atoms with Crippen LogP contribution in [0.5, 0.6) is 0 Å². The Morgan fingerprint density at radius 1 is 0.458 bits per heavy atom. The van der Waals surface area contributed by atoms with Crippen molar-refractivity contribution < 1.29 is 0 Å². The van der Waals surface area contributed by atoms with Gasteiger partial charge in [-0.3, -0.25) is 0 Å². The molecule has 10 rings (SSSR count). The van der Waals surface area contributed by atoms with Crippen LogP contribution in [-0.2, 0) is 21.7 Å². The second-order valence-corrected chi connectivity index (χ2v) is 21.5. The van der Waals surface area contributed by atoms with Crippen LogP contribution in [0.4, 0.5) is 45.5 Å². The van der Waals surface area contributed by atoms with E-state index in [0.717, 1.165) is 6.42 Å². The molecule has 4 aliphatic rings. The summed E-state index contributed by atoms with van der Waals surface area (Å²) in [5.41, 5.74) is 19.8. The Kier molecular flexibility index (Phi) is 8.15. The minimum Gasteiger partial charge on any atom is -0.334 e. The summed E-state index contributed by atoms with van der Waals surface area (Å²) in [6.07, 6.45) is 3.57. The van der Waals surface area contributed by atoms with E-state index in [9.17, 15) is 0 Å². The van der Waals surface area contributed by atoms with Crippen LogP contribution in [0.25, 0.3) is 0 Å². The number of nitrogens with zero attached hydrogens (tertiary/aromatic N) is 3. The summed E-state index contributed by atoms with van der Waals surface area (Å²) in [4.78, 5) is 7.97. The fourth-order valence-corrected chi connectivity index (χ4v) is 11.2. The third-order valence-electron chi connectivity index (χ3n) is 14.8. The molecule has 0 amide bonds. The summed E-state index contributed by atoms with van der Waals surface area (Å²) in [6.45, 7) is 26.3. The average Bonchev–Trinajstić information content (AvgIpc) is 3.60. The van der Waals surface area contributed by atoms with E-state index in [1.165, 1.54) is 97.0 Å². The fourth-order valence-electron chi connectivity index (χ4n) is 11.2. The van der Waals surface area contributed by atoms with Crippen LogP contribution in [0.15, 0.2) is 127 Å². The van der Waals surface area contributed by atoms with E-state index < -0.39 is 0 Å². The van der Waals surface area contributed by atoms with Gasteiger partial charge in [-0.05, 0) is 129 Å². The zero-order valence-corrected chi connectivity index (χ0v) is 37.2. The molecular weight excluding hydrogens is 713 g/mol. The molecule has 0 bridgehead atoms. The molecule has 0 saturated heterocycles. The number of para-hydroxylation sites is 2. The molecule has 4 heteroatoms. The lowest BCUT2D eigenvalue weighted by atomic mass is 9.33. The molecule has 3 aliphatic heterocycles. The SMILES string of the molecule is CC(C)(C)c1cccc(N2c3cc(C(C)(C)C)ccc3B3c4ccccc4N(c4ccccc4)c4cc(N5c6ccc(C(C)(C)C)cc6C6(C)CCCC56C)cc2c43)c1. The van der Waals surface area contributed by atoms with E-state index in [1.54, 1.807) is 0 Å². The van der Waals surface area contributed by atoms with Gasteiger partial charge in [-0.15, -0.1) is 0 Å². The second-order valence-electron chi connectivity index (χ2n) is 21.5. The largest absolute Gasteiger partial charge is 0.334 e. The van der Waals surface area contributed by atoms with Gasteiger partial charge in [0.15, 0.2) is 0 Å². The first kappa shape index (κ1) is 38.0. The maximum absolute atomic E-state index is 2.78. The molecule has 0 N–H and O–H groups in total. The van der Waals surface area contributed by atoms with Gasteiger partial charge in [-0.1, -0.05) is 148 Å². The quantitative estimate of drug-likeness (QED) is 0.166. The Morgan fingerprint density at radius 2 is 1.03 bits per heavy atom. The van der Waals surface area contributed by atoms with Gasteiger partial charge < -0.3 is 14.7 Å². The highest BCUT2D eigenvalue weighted by atomic mass is 15.3. The molecule has 6 aromatic carbocycles. The molecule has 1 aliphatic carbocycles. The smallest absolute Gasteiger partial charge is 0.252 e. The van der Waals surface area contributed by atoms with Crippen LogP contribution >= 0.6 is 0 Å². The Bertz CT molecular complexity index is 2660. The maximum Gasteiger partial charge on any atom is 0.252 e. The first-order chi connectivity index (χ1) is 27.9. The molecule has 0 radical (unpaired) electrons. The minimum absolute atomic E-state index is 0.00142. The van der Waals surface area contributed by atoms with Crippen molar-refractivity contribution in [1.29, 1.82) is 0 Å². The predicted octanol–water partition coefficient (Wildman–Crippen LogP) is 13.0. The molecule has 0 spiro atoms. The average molecular weight is 774 g/mol. The van der Waals surface area contributed by atoms with E-state index in [4.69, 9.17) is 0 Å². The van der Waals surface area contributed by atoms with Gasteiger partial charge in [-0.25, -0.2) is 0 Å². The van der Waals surface area contributed by atoms with E-state index in [0.29, 0.717) is 0 Å². The second kappa shape index (κ2) is 12.6. The fraction of sp³-hybridized carbons (Fsp3) is 0.345. The van der Waals surface area contributed by atoms with Crippen LogP contribution < -0.4 is 31.1 Å². The Labute approximate surface area is 354 Å². The Morgan fingerprint density at radius 3 is 1.73 bits per heavy atom. The summed E-state index contributed by atoms with van der Waals surface area (Å²) >= 11 is 0. The van der Waals surface area contributed by atoms with Crippen molar-refractivity contribution >= 4 is 68.6 Å². The third-order valence-corrected chi connectivity index (χ3v) is 14.8. The molecule has 0 aromatic heterocycles. The van der Waals surface area contributed by atoms with Gasteiger partial charge in [0.2, 0.25) is 0 Å². The zero-order valence-electron chi connectivity index (χ0n) is 37.2. The first-order valence-corrected chi connectivity index (χ1v) is 22.0. The molecule has 1 saturated carbocycles. The Balaban J connectivity index is 1.33. The molecule has 3 nitrogen and oxygen atoms in total. The molecule has 1 fully saturated rings. The van der Waals surface area contributed by atoms with E-state index in [-0.39, 0.29) is 33.9 Å². The van der Waals surface area contributed by atoms with Crippen LogP contribution in [0.2, 0.25) is 0 Å². The summed E-state index contributed by atoms with van der Waals surface area (Å²) in [5.74, 6) is 0. The third kappa shape index (κ3) is 5.54. The predicted molar refractivity (Wildman–Crippen MR) is 255 cm³/mol. The van der Waals surface area contributed by atoms with Gasteiger partial charge in [0.05, 0.1) is 5.54 Å². The van der Waals surface area contributed by atoms with Crippen molar-refractivity contribution in [2.75, 3.05) is 14.7 Å². The number of hydrogen-bond donors (Lipinski definition) is 0. The van der Waals surface area contributed by atoms with Crippen LogP contribution in [0.3, 0.4) is 0 Å². The van der Waals surface area contributed by atoms with Gasteiger partial charge in [0.25, 0.3) is 6.71 Å². The number of anilines is 8. The van der Waals surface area contributed by atoms with Gasteiger partial charge in [-0.2, -0.15) is 0 Å². The number of benzene rings is 6. The van der Waals surface area contributed by atoms with Crippen molar-refractivity contribution in [3.05, 3.63) is 150 Å². The van der Waals surface area contributed by atoms with Crippen LogP contribution in [-0.4, -0.2) is 12.3 Å². The molecular formula is C55H60BN3. The van der Waals surface area contributed by atoms with E-state index >= 15 is 0 Å². The molecule has 2 atom stereocenters. The molecule has 3 heterocycles. The lowest BCUT2D eigenvalue weighted by Crippen LogP contribution is -2.61. The minimum atomic E-state index is -0.0840. The highest BCUT2D eigenvalue weighted by Crippen LogP contribution is 2.63. The monoisotopic (exact) mass is 773 g/mol. The summed E-state index contributed by atoms with van der Waals surface area (Å²) in [6, 6.07) is 49.5. The molecule has 6 aromatic rings. The zero-order chi connectivity index (χ0) is 41.4. The highest BCUT2D eigenvalue weighted by Gasteiger charge is 2.60. The van der Waals surface area contributed by atoms with Crippen molar-refractivity contribution in [2.24, 2.45) is 0 Å². The number of fused-ring (bicyclic) bond motifs is 7. The lowest BCUT2D eigenvalue weighted by Gasteiger charge is -2.47. The van der Waals surface area contributed by atoms with Gasteiger partial charge in [0, 0.05) is 50.9 Å². The molecule has 59 heavy (non-hydrogen) atoms. The summed E-state index contributed by atoms with van der Waals surface area (Å²) < 4.78 is 0. The standard InChI is InChI=1S/C55H60BN3/c1-51(2,3)36-19-17-22-40(31-36)58-47-33-38(53(7,8)9)25-27-44(47)56-43-23-15-16-24-46(43)57(39-20-13-12-14-21-39)48-34-41(35-49(58)50(48)56)59-45-28-26-37(52(4,5)6)32-42(45)54(10)29-18-30-55(54,59)11/h12-17,19-28,31-35H,18,29-30H2,1-11H3.